The molecule has 0 fully saturated rings. The van der Waals surface area contributed by atoms with Gasteiger partial charge in [0.1, 0.15) is 0 Å². The molecule has 1 heterocycles. The van der Waals surface area contributed by atoms with Gasteiger partial charge in [0.15, 0.2) is 0 Å². The molecule has 0 atom stereocenters. The Morgan fingerprint density at radius 2 is 2.00 bits per heavy atom. The predicted molar refractivity (Wildman–Crippen MR) is 42.1 cm³/mol. The van der Waals surface area contributed by atoms with E-state index in [2.05, 4.69) is 0 Å². The minimum atomic E-state index is -4.19. The number of aryl methyl sites for hydroxylation is 2. The maximum Gasteiger partial charge on any atom is 0.446 e. The fourth-order valence-corrected chi connectivity index (χ4v) is 1.53. The van der Waals surface area contributed by atoms with E-state index in [1.54, 1.807) is 18.5 Å². The smallest absolute Gasteiger partial charge is 0.354 e. The number of hydrogen-bond acceptors (Lipinski definition) is 1. The van der Waals surface area contributed by atoms with Gasteiger partial charge in [-0.05, 0) is 24.8 Å². The molecule has 12 heavy (non-hydrogen) atoms. The van der Waals surface area contributed by atoms with Gasteiger partial charge in [0.2, 0.25) is 0 Å². The summed E-state index contributed by atoms with van der Waals surface area (Å²) in [5.74, 6) is 0. The normalized spacial score (nSPS) is 12.1. The van der Waals surface area contributed by atoms with Crippen molar-refractivity contribution in [2.45, 2.75) is 17.3 Å². The number of alkyl halides is 3. The Morgan fingerprint density at radius 3 is 2.33 bits per heavy atom. The third kappa shape index (κ3) is 2.48. The molecule has 0 aliphatic rings. The van der Waals surface area contributed by atoms with E-state index in [1.807, 2.05) is 0 Å². The predicted octanol–water partition coefficient (Wildman–Crippen LogP) is 2.95. The van der Waals surface area contributed by atoms with Crippen LogP contribution in [0.5, 0.6) is 0 Å². The number of nitrogens with zero attached hydrogens (tertiary/aromatic N) is 1. The maximum absolute atomic E-state index is 11.8. The third-order valence-electron chi connectivity index (χ3n) is 1.46. The van der Waals surface area contributed by atoms with Gasteiger partial charge >= 0.3 is 5.51 Å². The SMILES string of the molecule is Cc1cc(SC(F)(F)F)cn1C. The summed E-state index contributed by atoms with van der Waals surface area (Å²) in [6.07, 6.45) is 1.47. The van der Waals surface area contributed by atoms with Crippen LogP contribution >= 0.6 is 11.8 Å². The zero-order valence-electron chi connectivity index (χ0n) is 6.64. The second-order valence-corrected chi connectivity index (χ2v) is 3.61. The molecule has 1 nitrogen and oxygen atoms in total. The van der Waals surface area contributed by atoms with Crippen LogP contribution in [0.15, 0.2) is 17.2 Å². The van der Waals surface area contributed by atoms with Crippen molar-refractivity contribution in [2.75, 3.05) is 0 Å². The summed E-state index contributed by atoms with van der Waals surface area (Å²) in [5.41, 5.74) is -3.37. The van der Waals surface area contributed by atoms with Crippen molar-refractivity contribution in [1.29, 1.82) is 0 Å². The Labute approximate surface area is 72.6 Å². The lowest BCUT2D eigenvalue weighted by Gasteiger charge is -2.01. The quantitative estimate of drug-likeness (QED) is 0.624. The number of halogens is 3. The molecule has 0 unspecified atom stereocenters. The van der Waals surface area contributed by atoms with E-state index >= 15 is 0 Å². The molecule has 68 valence electrons. The Bertz CT molecular complexity index is 257. The van der Waals surface area contributed by atoms with Crippen molar-refractivity contribution in [3.8, 4) is 0 Å². The maximum atomic E-state index is 11.8. The van der Waals surface area contributed by atoms with Crippen LogP contribution in [0, 0.1) is 6.92 Å². The van der Waals surface area contributed by atoms with Crippen molar-refractivity contribution in [1.82, 2.24) is 4.57 Å². The van der Waals surface area contributed by atoms with Crippen LogP contribution in [0.3, 0.4) is 0 Å². The first kappa shape index (κ1) is 9.51. The Kier molecular flexibility index (Phi) is 2.41. The van der Waals surface area contributed by atoms with Crippen molar-refractivity contribution in [2.24, 2.45) is 7.05 Å². The van der Waals surface area contributed by atoms with Crippen LogP contribution in [-0.4, -0.2) is 10.1 Å². The second-order valence-electron chi connectivity index (χ2n) is 2.48. The summed E-state index contributed by atoms with van der Waals surface area (Å²) in [6.45, 7) is 1.76. The minimum absolute atomic E-state index is 0.0851. The summed E-state index contributed by atoms with van der Waals surface area (Å²) in [7, 11) is 1.72. The second kappa shape index (κ2) is 3.05. The average molecular weight is 195 g/mol. The zero-order chi connectivity index (χ0) is 9.35. The van der Waals surface area contributed by atoms with Gasteiger partial charge in [-0.3, -0.25) is 0 Å². The summed E-state index contributed by atoms with van der Waals surface area (Å²) in [5, 5.41) is 0. The molecule has 1 aromatic heterocycles. The summed E-state index contributed by atoms with van der Waals surface area (Å²) in [4.78, 5) is 0.238. The molecular formula is C7H8F3NS. The molecule has 1 aromatic rings. The number of aromatic nitrogens is 1. The van der Waals surface area contributed by atoms with Crippen LogP contribution < -0.4 is 0 Å². The molecule has 1 rings (SSSR count). The molecule has 0 saturated carbocycles. The van der Waals surface area contributed by atoms with Gasteiger partial charge in [0.05, 0.1) is 0 Å². The van der Waals surface area contributed by atoms with Crippen LogP contribution in [-0.2, 0) is 7.05 Å². The van der Waals surface area contributed by atoms with Crippen LogP contribution in [0.2, 0.25) is 0 Å². The Balaban J connectivity index is 2.77. The molecule has 0 N–H and O–H groups in total. The van der Waals surface area contributed by atoms with Gasteiger partial charge in [-0.1, -0.05) is 0 Å². The third-order valence-corrected chi connectivity index (χ3v) is 2.15. The van der Waals surface area contributed by atoms with Gasteiger partial charge in [0.25, 0.3) is 0 Å². The van der Waals surface area contributed by atoms with Crippen LogP contribution in [0.1, 0.15) is 5.69 Å². The molecule has 0 aliphatic heterocycles. The van der Waals surface area contributed by atoms with Gasteiger partial charge < -0.3 is 4.57 Å². The van der Waals surface area contributed by atoms with Crippen molar-refractivity contribution in [3.63, 3.8) is 0 Å². The lowest BCUT2D eigenvalue weighted by Crippen LogP contribution is -1.98. The highest BCUT2D eigenvalue weighted by atomic mass is 32.2. The molecule has 0 saturated heterocycles. The summed E-state index contributed by atoms with van der Waals surface area (Å²) in [6, 6.07) is 1.51. The minimum Gasteiger partial charge on any atom is -0.354 e. The van der Waals surface area contributed by atoms with E-state index in [4.69, 9.17) is 0 Å². The van der Waals surface area contributed by atoms with Gasteiger partial charge in [-0.2, -0.15) is 13.2 Å². The van der Waals surface area contributed by atoms with E-state index in [0.717, 1.165) is 5.69 Å². The summed E-state index contributed by atoms with van der Waals surface area (Å²) < 4.78 is 37.2. The first-order chi connectivity index (χ1) is 5.38. The highest BCUT2D eigenvalue weighted by Gasteiger charge is 2.29. The highest BCUT2D eigenvalue weighted by Crippen LogP contribution is 2.37. The molecule has 0 amide bonds. The lowest BCUT2D eigenvalue weighted by molar-refractivity contribution is -0.0328. The van der Waals surface area contributed by atoms with Crippen LogP contribution in [0.4, 0.5) is 13.2 Å². The first-order valence-electron chi connectivity index (χ1n) is 3.27. The highest BCUT2D eigenvalue weighted by molar-refractivity contribution is 8.00. The molecule has 5 heteroatoms. The Morgan fingerprint density at radius 1 is 1.42 bits per heavy atom. The lowest BCUT2D eigenvalue weighted by atomic mass is 10.5. The van der Waals surface area contributed by atoms with Crippen molar-refractivity contribution in [3.05, 3.63) is 18.0 Å². The number of rotatable bonds is 1. The molecule has 0 radical (unpaired) electrons. The Hall–Kier alpha value is -0.580. The van der Waals surface area contributed by atoms with E-state index in [9.17, 15) is 13.2 Å². The fourth-order valence-electron chi connectivity index (χ4n) is 0.827. The molecule has 0 aromatic carbocycles. The van der Waals surface area contributed by atoms with Gasteiger partial charge in [0, 0.05) is 23.8 Å². The molecule has 0 aliphatic carbocycles. The molecule has 0 spiro atoms. The fraction of sp³-hybridized carbons (Fsp3) is 0.429. The van der Waals surface area contributed by atoms with Crippen LogP contribution in [0.25, 0.3) is 0 Å². The number of thioether (sulfide) groups is 1. The largest absolute Gasteiger partial charge is 0.446 e. The van der Waals surface area contributed by atoms with Crippen molar-refractivity contribution < 1.29 is 13.2 Å². The van der Waals surface area contributed by atoms with E-state index < -0.39 is 5.51 Å². The van der Waals surface area contributed by atoms with E-state index in [1.165, 1.54) is 12.3 Å². The van der Waals surface area contributed by atoms with E-state index in [0.29, 0.717) is 0 Å². The first-order valence-corrected chi connectivity index (χ1v) is 4.09. The van der Waals surface area contributed by atoms with Gasteiger partial charge in [-0.25, -0.2) is 0 Å². The standard InChI is InChI=1S/C7H8F3NS/c1-5-3-6(4-11(5)2)12-7(8,9)10/h3-4H,1-2H3. The zero-order valence-corrected chi connectivity index (χ0v) is 7.46. The van der Waals surface area contributed by atoms with Crippen molar-refractivity contribution >= 4 is 11.8 Å². The number of hydrogen-bond donors (Lipinski definition) is 0. The topological polar surface area (TPSA) is 4.93 Å². The van der Waals surface area contributed by atoms with Gasteiger partial charge in [-0.15, -0.1) is 0 Å². The van der Waals surface area contributed by atoms with E-state index in [-0.39, 0.29) is 16.7 Å². The summed E-state index contributed by atoms with van der Waals surface area (Å²) >= 11 is -0.0851. The average Bonchev–Trinajstić information content (AvgIpc) is 2.07. The molecular weight excluding hydrogens is 187 g/mol. The monoisotopic (exact) mass is 195 g/mol. The molecule has 0 bridgehead atoms.